The Morgan fingerprint density at radius 1 is 1.00 bits per heavy atom. The SMILES string of the molecule is CC(=O)OC1(C)CCC(C)(C)OC12CCCCC2. The van der Waals surface area contributed by atoms with E-state index < -0.39 is 5.60 Å². The fourth-order valence-electron chi connectivity index (χ4n) is 3.67. The fraction of sp³-hybridized carbons (Fsp3) is 0.933. The van der Waals surface area contributed by atoms with Crippen LogP contribution in [0.3, 0.4) is 0 Å². The van der Waals surface area contributed by atoms with Crippen LogP contribution in [0.4, 0.5) is 0 Å². The number of carbonyl (C=O) groups is 1. The molecule has 0 aromatic rings. The van der Waals surface area contributed by atoms with E-state index in [0.29, 0.717) is 0 Å². The number of ether oxygens (including phenoxy) is 2. The topological polar surface area (TPSA) is 35.5 Å². The first-order valence-electron chi connectivity index (χ1n) is 7.18. The predicted octanol–water partition coefficient (Wildman–Crippen LogP) is 3.60. The number of hydrogen-bond donors (Lipinski definition) is 0. The van der Waals surface area contributed by atoms with Gasteiger partial charge in [0.25, 0.3) is 0 Å². The molecule has 2 fully saturated rings. The normalized spacial score (nSPS) is 34.2. The third kappa shape index (κ3) is 2.42. The minimum atomic E-state index is -0.450. The lowest BCUT2D eigenvalue weighted by Gasteiger charge is -2.56. The van der Waals surface area contributed by atoms with Crippen LogP contribution in [0.1, 0.15) is 72.6 Å². The Morgan fingerprint density at radius 3 is 2.17 bits per heavy atom. The fourth-order valence-corrected chi connectivity index (χ4v) is 3.67. The van der Waals surface area contributed by atoms with E-state index in [9.17, 15) is 4.79 Å². The average molecular weight is 254 g/mol. The van der Waals surface area contributed by atoms with E-state index in [-0.39, 0.29) is 17.2 Å². The summed E-state index contributed by atoms with van der Waals surface area (Å²) < 4.78 is 12.1. The Morgan fingerprint density at radius 2 is 1.61 bits per heavy atom. The zero-order chi connectivity index (χ0) is 13.4. The van der Waals surface area contributed by atoms with E-state index in [1.807, 2.05) is 0 Å². The molecule has 0 N–H and O–H groups in total. The van der Waals surface area contributed by atoms with Gasteiger partial charge in [0.2, 0.25) is 0 Å². The quantitative estimate of drug-likeness (QED) is 0.671. The maximum Gasteiger partial charge on any atom is 0.303 e. The Hall–Kier alpha value is -0.570. The summed E-state index contributed by atoms with van der Waals surface area (Å²) in [6, 6.07) is 0. The maximum absolute atomic E-state index is 11.4. The summed E-state index contributed by atoms with van der Waals surface area (Å²) in [6.45, 7) is 7.86. The van der Waals surface area contributed by atoms with E-state index in [1.54, 1.807) is 0 Å². The average Bonchev–Trinajstić information content (AvgIpc) is 2.25. The minimum Gasteiger partial charge on any atom is -0.456 e. The lowest BCUT2D eigenvalue weighted by atomic mass is 9.67. The van der Waals surface area contributed by atoms with Gasteiger partial charge in [-0.2, -0.15) is 0 Å². The highest BCUT2D eigenvalue weighted by Crippen LogP contribution is 2.51. The van der Waals surface area contributed by atoms with Gasteiger partial charge in [0.15, 0.2) is 0 Å². The first-order valence-corrected chi connectivity index (χ1v) is 7.18. The highest BCUT2D eigenvalue weighted by Gasteiger charge is 2.57. The lowest BCUT2D eigenvalue weighted by Crippen LogP contribution is -2.63. The van der Waals surface area contributed by atoms with Crippen molar-refractivity contribution in [2.45, 2.75) is 89.4 Å². The van der Waals surface area contributed by atoms with E-state index >= 15 is 0 Å². The van der Waals surface area contributed by atoms with Gasteiger partial charge in [-0.05, 0) is 46.5 Å². The molecule has 1 saturated heterocycles. The molecule has 1 unspecified atom stereocenters. The zero-order valence-electron chi connectivity index (χ0n) is 12.2. The standard InChI is InChI=1S/C15H26O3/c1-12(16)17-14(4)11-10-13(2,3)18-15(14)8-6-5-7-9-15/h5-11H2,1-4H3. The molecule has 104 valence electrons. The number of esters is 1. The van der Waals surface area contributed by atoms with Crippen molar-refractivity contribution in [2.24, 2.45) is 0 Å². The smallest absolute Gasteiger partial charge is 0.303 e. The largest absolute Gasteiger partial charge is 0.456 e. The van der Waals surface area contributed by atoms with Crippen molar-refractivity contribution in [1.82, 2.24) is 0 Å². The molecule has 1 saturated carbocycles. The maximum atomic E-state index is 11.4. The van der Waals surface area contributed by atoms with Crippen LogP contribution >= 0.6 is 0 Å². The number of hydrogen-bond acceptors (Lipinski definition) is 3. The van der Waals surface area contributed by atoms with Crippen LogP contribution in [-0.2, 0) is 14.3 Å². The molecule has 2 rings (SSSR count). The summed E-state index contributed by atoms with van der Waals surface area (Å²) in [5.41, 5.74) is -0.815. The molecule has 1 aliphatic heterocycles. The van der Waals surface area contributed by atoms with Crippen LogP contribution in [0, 0.1) is 0 Å². The summed E-state index contributed by atoms with van der Waals surface area (Å²) >= 11 is 0. The third-order valence-electron chi connectivity index (χ3n) is 4.67. The first kappa shape index (κ1) is 13.9. The Balaban J connectivity index is 2.29. The molecule has 0 amide bonds. The van der Waals surface area contributed by atoms with Crippen molar-refractivity contribution in [3.63, 3.8) is 0 Å². The van der Waals surface area contributed by atoms with Gasteiger partial charge in [0.1, 0.15) is 11.2 Å². The van der Waals surface area contributed by atoms with Crippen LogP contribution < -0.4 is 0 Å². The molecule has 0 radical (unpaired) electrons. The second-order valence-electron chi connectivity index (χ2n) is 6.74. The van der Waals surface area contributed by atoms with Crippen LogP contribution in [0.25, 0.3) is 0 Å². The predicted molar refractivity (Wildman–Crippen MR) is 70.4 cm³/mol. The summed E-state index contributed by atoms with van der Waals surface area (Å²) in [6.07, 6.45) is 7.49. The molecule has 3 heteroatoms. The molecule has 1 atom stereocenters. The van der Waals surface area contributed by atoms with Gasteiger partial charge in [0, 0.05) is 6.92 Å². The number of carbonyl (C=O) groups excluding carboxylic acids is 1. The molecule has 2 aliphatic rings. The van der Waals surface area contributed by atoms with Crippen molar-refractivity contribution < 1.29 is 14.3 Å². The van der Waals surface area contributed by atoms with Crippen LogP contribution in [0.5, 0.6) is 0 Å². The minimum absolute atomic E-state index is 0.100. The summed E-state index contributed by atoms with van der Waals surface area (Å²) in [5, 5.41) is 0. The van der Waals surface area contributed by atoms with Crippen LogP contribution in [0.2, 0.25) is 0 Å². The Labute approximate surface area is 110 Å². The van der Waals surface area contributed by atoms with Gasteiger partial charge < -0.3 is 9.47 Å². The summed E-state index contributed by atoms with van der Waals surface area (Å²) in [4.78, 5) is 11.4. The monoisotopic (exact) mass is 254 g/mol. The molecule has 0 aromatic heterocycles. The van der Waals surface area contributed by atoms with Crippen molar-refractivity contribution >= 4 is 5.97 Å². The lowest BCUT2D eigenvalue weighted by molar-refractivity contribution is -0.280. The number of rotatable bonds is 1. The van der Waals surface area contributed by atoms with Gasteiger partial charge in [0.05, 0.1) is 5.60 Å². The first-order chi connectivity index (χ1) is 8.29. The Kier molecular flexibility index (Phi) is 3.48. The van der Waals surface area contributed by atoms with E-state index in [0.717, 1.165) is 25.7 Å². The molecule has 3 nitrogen and oxygen atoms in total. The van der Waals surface area contributed by atoms with Gasteiger partial charge in [-0.25, -0.2) is 0 Å². The molecule has 1 spiro atoms. The molecule has 1 aliphatic carbocycles. The van der Waals surface area contributed by atoms with Crippen LogP contribution in [-0.4, -0.2) is 22.8 Å². The van der Waals surface area contributed by atoms with Gasteiger partial charge in [-0.15, -0.1) is 0 Å². The zero-order valence-corrected chi connectivity index (χ0v) is 12.2. The van der Waals surface area contributed by atoms with Gasteiger partial charge in [-0.1, -0.05) is 19.3 Å². The van der Waals surface area contributed by atoms with Crippen LogP contribution in [0.15, 0.2) is 0 Å². The molecule has 1 heterocycles. The second kappa shape index (κ2) is 4.52. The van der Waals surface area contributed by atoms with Crippen molar-refractivity contribution in [3.8, 4) is 0 Å². The molecular weight excluding hydrogens is 228 g/mol. The Bertz CT molecular complexity index is 329. The summed E-state index contributed by atoms with van der Waals surface area (Å²) in [5.74, 6) is -0.189. The van der Waals surface area contributed by atoms with Gasteiger partial charge in [-0.3, -0.25) is 4.79 Å². The highest BCUT2D eigenvalue weighted by atomic mass is 16.6. The highest BCUT2D eigenvalue weighted by molar-refractivity contribution is 5.66. The molecule has 18 heavy (non-hydrogen) atoms. The summed E-state index contributed by atoms with van der Waals surface area (Å²) in [7, 11) is 0. The third-order valence-corrected chi connectivity index (χ3v) is 4.67. The van der Waals surface area contributed by atoms with Gasteiger partial charge >= 0.3 is 5.97 Å². The van der Waals surface area contributed by atoms with E-state index in [2.05, 4.69) is 20.8 Å². The van der Waals surface area contributed by atoms with Crippen molar-refractivity contribution in [2.75, 3.05) is 0 Å². The van der Waals surface area contributed by atoms with Crippen molar-refractivity contribution in [3.05, 3.63) is 0 Å². The second-order valence-corrected chi connectivity index (χ2v) is 6.74. The van der Waals surface area contributed by atoms with Crippen molar-refractivity contribution in [1.29, 1.82) is 0 Å². The van der Waals surface area contributed by atoms with E-state index in [4.69, 9.17) is 9.47 Å². The molecular formula is C15H26O3. The van der Waals surface area contributed by atoms with E-state index in [1.165, 1.54) is 26.2 Å². The molecule has 0 bridgehead atoms. The molecule has 0 aromatic carbocycles.